The van der Waals surface area contributed by atoms with Gasteiger partial charge in [0.1, 0.15) is 0 Å². The number of para-hydroxylation sites is 1. The van der Waals surface area contributed by atoms with Crippen molar-refractivity contribution < 1.29 is 0 Å². The Hall–Kier alpha value is -2.50. The van der Waals surface area contributed by atoms with Crippen molar-refractivity contribution in [1.82, 2.24) is 15.3 Å². The van der Waals surface area contributed by atoms with Crippen molar-refractivity contribution in [3.8, 4) is 11.3 Å². The van der Waals surface area contributed by atoms with Gasteiger partial charge in [0, 0.05) is 23.2 Å². The maximum absolute atomic E-state index is 4.96. The lowest BCUT2D eigenvalue weighted by molar-refractivity contribution is 0.353. The Labute approximate surface area is 181 Å². The molecule has 0 spiro atoms. The fourth-order valence-electron chi connectivity index (χ4n) is 4.45. The molecule has 2 aromatic carbocycles. The molecular weight excluding hydrogens is 388 g/mol. The zero-order valence-electron chi connectivity index (χ0n) is 17.4. The molecule has 2 N–H and O–H groups in total. The van der Waals surface area contributed by atoms with Gasteiger partial charge in [0.2, 0.25) is 0 Å². The number of anilines is 1. The van der Waals surface area contributed by atoms with Gasteiger partial charge in [-0.15, -0.1) is 11.3 Å². The van der Waals surface area contributed by atoms with Gasteiger partial charge < -0.3 is 10.6 Å². The van der Waals surface area contributed by atoms with Crippen LogP contribution in [0.25, 0.3) is 32.4 Å². The number of piperidine rings is 1. The Kier molecular flexibility index (Phi) is 5.65. The Morgan fingerprint density at radius 3 is 2.93 bits per heavy atom. The van der Waals surface area contributed by atoms with Crippen molar-refractivity contribution in [2.45, 2.75) is 32.6 Å². The second-order valence-corrected chi connectivity index (χ2v) is 9.50. The SMILES string of the molecule is Cc1nc2ccc(-c3cc(NCCCC4CCCNC4)c4ccccc4n3)cc2s1. The summed E-state index contributed by atoms with van der Waals surface area (Å²) >= 11 is 1.74. The van der Waals surface area contributed by atoms with Crippen molar-refractivity contribution in [3.05, 3.63) is 53.5 Å². The molecule has 4 aromatic rings. The molecule has 1 aliphatic rings. The molecule has 0 amide bonds. The molecule has 3 heterocycles. The third-order valence-corrected chi connectivity index (χ3v) is 6.94. The van der Waals surface area contributed by atoms with Gasteiger partial charge in [0.25, 0.3) is 0 Å². The summed E-state index contributed by atoms with van der Waals surface area (Å²) in [6, 6.07) is 17.1. The van der Waals surface area contributed by atoms with Crippen molar-refractivity contribution in [2.75, 3.05) is 25.0 Å². The largest absolute Gasteiger partial charge is 0.384 e. The Balaban J connectivity index is 1.39. The minimum atomic E-state index is 0.833. The zero-order chi connectivity index (χ0) is 20.3. The lowest BCUT2D eigenvalue weighted by Crippen LogP contribution is -2.29. The van der Waals surface area contributed by atoms with Crippen LogP contribution in [0.2, 0.25) is 0 Å². The maximum Gasteiger partial charge on any atom is 0.0907 e. The number of fused-ring (bicyclic) bond motifs is 2. The molecule has 2 aromatic heterocycles. The van der Waals surface area contributed by atoms with Gasteiger partial charge in [-0.2, -0.15) is 0 Å². The van der Waals surface area contributed by atoms with Gasteiger partial charge in [-0.25, -0.2) is 9.97 Å². The van der Waals surface area contributed by atoms with Crippen LogP contribution in [0.3, 0.4) is 0 Å². The van der Waals surface area contributed by atoms with Crippen LogP contribution in [-0.4, -0.2) is 29.6 Å². The van der Waals surface area contributed by atoms with Crippen molar-refractivity contribution in [3.63, 3.8) is 0 Å². The molecule has 1 fully saturated rings. The van der Waals surface area contributed by atoms with E-state index in [9.17, 15) is 0 Å². The smallest absolute Gasteiger partial charge is 0.0907 e. The first-order valence-electron chi connectivity index (χ1n) is 11.0. The molecule has 5 rings (SSSR count). The molecule has 0 bridgehead atoms. The first kappa shape index (κ1) is 19.5. The van der Waals surface area contributed by atoms with E-state index in [0.29, 0.717) is 0 Å². The molecule has 154 valence electrons. The number of pyridine rings is 1. The molecule has 1 unspecified atom stereocenters. The number of nitrogens with zero attached hydrogens (tertiary/aromatic N) is 2. The third-order valence-electron chi connectivity index (χ3n) is 6.01. The van der Waals surface area contributed by atoms with E-state index in [-0.39, 0.29) is 0 Å². The Morgan fingerprint density at radius 2 is 2.03 bits per heavy atom. The van der Waals surface area contributed by atoms with Crippen molar-refractivity contribution >= 4 is 38.1 Å². The summed E-state index contributed by atoms with van der Waals surface area (Å²) in [7, 11) is 0. The minimum Gasteiger partial charge on any atom is -0.384 e. The fraction of sp³-hybridized carbons (Fsp3) is 0.360. The number of aryl methyl sites for hydroxylation is 1. The van der Waals surface area contributed by atoms with Gasteiger partial charge in [0.15, 0.2) is 0 Å². The highest BCUT2D eigenvalue weighted by atomic mass is 32.1. The first-order chi connectivity index (χ1) is 14.8. The van der Waals surface area contributed by atoms with Gasteiger partial charge >= 0.3 is 0 Å². The van der Waals surface area contributed by atoms with E-state index in [1.807, 2.05) is 0 Å². The molecular formula is C25H28N4S. The molecule has 0 aliphatic carbocycles. The van der Waals surface area contributed by atoms with E-state index in [2.05, 4.69) is 71.1 Å². The predicted octanol–water partition coefficient (Wildman–Crippen LogP) is 6.01. The molecule has 30 heavy (non-hydrogen) atoms. The number of aromatic nitrogens is 2. The molecule has 4 nitrogen and oxygen atoms in total. The summed E-state index contributed by atoms with van der Waals surface area (Å²) in [6.45, 7) is 5.43. The summed E-state index contributed by atoms with van der Waals surface area (Å²) in [5.41, 5.74) is 5.44. The van der Waals surface area contributed by atoms with Gasteiger partial charge in [0.05, 0.1) is 26.4 Å². The molecule has 0 saturated carbocycles. The van der Waals surface area contributed by atoms with Crippen LogP contribution in [-0.2, 0) is 0 Å². The van der Waals surface area contributed by atoms with Crippen LogP contribution in [0.15, 0.2) is 48.5 Å². The van der Waals surface area contributed by atoms with Gasteiger partial charge in [-0.05, 0) is 75.9 Å². The maximum atomic E-state index is 4.96. The summed E-state index contributed by atoms with van der Waals surface area (Å²) < 4.78 is 1.22. The summed E-state index contributed by atoms with van der Waals surface area (Å²) in [6.07, 6.45) is 5.18. The number of benzene rings is 2. The topological polar surface area (TPSA) is 49.8 Å². The number of nitrogens with one attached hydrogen (secondary N) is 2. The van der Waals surface area contributed by atoms with E-state index in [1.165, 1.54) is 54.5 Å². The minimum absolute atomic E-state index is 0.833. The fourth-order valence-corrected chi connectivity index (χ4v) is 5.32. The lowest BCUT2D eigenvalue weighted by atomic mass is 9.95. The zero-order valence-corrected chi connectivity index (χ0v) is 18.3. The van der Waals surface area contributed by atoms with E-state index >= 15 is 0 Å². The van der Waals surface area contributed by atoms with Gasteiger partial charge in [-0.3, -0.25) is 0 Å². The van der Waals surface area contributed by atoms with Crippen molar-refractivity contribution in [2.24, 2.45) is 5.92 Å². The second kappa shape index (κ2) is 8.70. The second-order valence-electron chi connectivity index (χ2n) is 8.27. The van der Waals surface area contributed by atoms with Crippen LogP contribution >= 0.6 is 11.3 Å². The van der Waals surface area contributed by atoms with E-state index in [4.69, 9.17) is 4.98 Å². The molecule has 1 atom stereocenters. The van der Waals surface area contributed by atoms with Crippen molar-refractivity contribution in [1.29, 1.82) is 0 Å². The standard InChI is InChI=1S/C25H28N4S/c1-17-28-22-11-10-19(14-25(22)30-17)23-15-24(20-8-2-3-9-21(20)29-23)27-13-5-7-18-6-4-12-26-16-18/h2-3,8-11,14-15,18,26H,4-7,12-13,16H2,1H3,(H,27,29). The normalized spacial score (nSPS) is 16.9. The highest BCUT2D eigenvalue weighted by molar-refractivity contribution is 7.18. The Morgan fingerprint density at radius 1 is 1.10 bits per heavy atom. The quantitative estimate of drug-likeness (QED) is 0.378. The molecule has 5 heteroatoms. The van der Waals surface area contributed by atoms with E-state index in [0.717, 1.165) is 39.8 Å². The molecule has 0 radical (unpaired) electrons. The molecule has 1 saturated heterocycles. The van der Waals surface area contributed by atoms with Crippen LogP contribution in [0.5, 0.6) is 0 Å². The van der Waals surface area contributed by atoms with E-state index < -0.39 is 0 Å². The summed E-state index contributed by atoms with van der Waals surface area (Å²) in [4.78, 5) is 9.54. The average molecular weight is 417 g/mol. The van der Waals surface area contributed by atoms with Crippen LogP contribution in [0.1, 0.15) is 30.7 Å². The predicted molar refractivity (Wildman–Crippen MR) is 128 cm³/mol. The highest BCUT2D eigenvalue weighted by Gasteiger charge is 2.13. The van der Waals surface area contributed by atoms with Crippen LogP contribution < -0.4 is 10.6 Å². The number of hydrogen-bond acceptors (Lipinski definition) is 5. The number of hydrogen-bond donors (Lipinski definition) is 2. The Bertz CT molecular complexity index is 1160. The van der Waals surface area contributed by atoms with Crippen LogP contribution in [0.4, 0.5) is 5.69 Å². The summed E-state index contributed by atoms with van der Waals surface area (Å²) in [5, 5.41) is 9.52. The molecule has 1 aliphatic heterocycles. The first-order valence-corrected chi connectivity index (χ1v) is 11.8. The van der Waals surface area contributed by atoms with E-state index in [1.54, 1.807) is 11.3 Å². The van der Waals surface area contributed by atoms with Gasteiger partial charge in [-0.1, -0.05) is 24.3 Å². The highest BCUT2D eigenvalue weighted by Crippen LogP contribution is 2.31. The monoisotopic (exact) mass is 416 g/mol. The average Bonchev–Trinajstić information content (AvgIpc) is 3.16. The lowest BCUT2D eigenvalue weighted by Gasteiger charge is -2.22. The number of thiazole rings is 1. The third kappa shape index (κ3) is 4.18. The van der Waals surface area contributed by atoms with Crippen LogP contribution in [0, 0.1) is 12.8 Å². The number of rotatable bonds is 6. The summed E-state index contributed by atoms with van der Waals surface area (Å²) in [5.74, 6) is 0.833.